The molecular weight excluding hydrogens is 586 g/mol. The minimum atomic E-state index is -1.58. The molecule has 44 heavy (non-hydrogen) atoms. The number of nitrogens with zero attached hydrogens (tertiary/aromatic N) is 1. The smallest absolute Gasteiger partial charge is 0.408 e. The predicted octanol–water partition coefficient (Wildman–Crippen LogP) is 0.417. The first-order valence-corrected chi connectivity index (χ1v) is 14.0. The number of rotatable bonds is 10. The van der Waals surface area contributed by atoms with E-state index in [1.54, 1.807) is 20.8 Å². The standard InChI is InChI=1S/C28H41N3O13/c1-14(32)29-22-19(30-27(39)44-28(5,6)7)12-20(25(36)31-10-8-18(9-11-31)26(37)38)43-24(22)23(42-17(4)35)21(41-16(3)34)13-40-15(2)33/h12,18-19,21-24H,8-11,13H2,1-7H3,(H,29,32)(H,30,39)(H,37,38)/t19-,21+,22+,23+,24+/m0/s1. The number of piperidine rings is 1. The van der Waals surface area contributed by atoms with Gasteiger partial charge in [0.05, 0.1) is 18.0 Å². The molecule has 2 heterocycles. The summed E-state index contributed by atoms with van der Waals surface area (Å²) in [5, 5.41) is 14.6. The monoisotopic (exact) mass is 627 g/mol. The average molecular weight is 628 g/mol. The van der Waals surface area contributed by atoms with E-state index in [0.717, 1.165) is 20.8 Å². The van der Waals surface area contributed by atoms with Crippen molar-refractivity contribution >= 4 is 41.8 Å². The number of carboxylic acids is 1. The maximum atomic E-state index is 13.7. The van der Waals surface area contributed by atoms with E-state index in [1.807, 2.05) is 0 Å². The third-order valence-corrected chi connectivity index (χ3v) is 6.49. The van der Waals surface area contributed by atoms with E-state index < -0.39 is 90.3 Å². The van der Waals surface area contributed by atoms with E-state index >= 15 is 0 Å². The molecule has 2 aliphatic rings. The lowest BCUT2D eigenvalue weighted by Crippen LogP contribution is -2.65. The molecule has 0 radical (unpaired) electrons. The maximum Gasteiger partial charge on any atom is 0.408 e. The molecule has 0 bridgehead atoms. The Hall–Kier alpha value is -4.37. The van der Waals surface area contributed by atoms with Gasteiger partial charge >= 0.3 is 30.0 Å². The summed E-state index contributed by atoms with van der Waals surface area (Å²) in [6.45, 7) is 8.92. The van der Waals surface area contributed by atoms with Gasteiger partial charge in [0, 0.05) is 40.8 Å². The number of amides is 3. The van der Waals surface area contributed by atoms with Gasteiger partial charge in [0.25, 0.3) is 5.91 Å². The highest BCUT2D eigenvalue weighted by Gasteiger charge is 2.49. The van der Waals surface area contributed by atoms with Crippen LogP contribution in [0.2, 0.25) is 0 Å². The van der Waals surface area contributed by atoms with Crippen molar-refractivity contribution in [2.75, 3.05) is 19.7 Å². The highest BCUT2D eigenvalue weighted by molar-refractivity contribution is 5.92. The van der Waals surface area contributed by atoms with Gasteiger partial charge < -0.3 is 44.3 Å². The van der Waals surface area contributed by atoms with Crippen LogP contribution in [-0.4, -0.2) is 107 Å². The zero-order chi connectivity index (χ0) is 33.4. The Morgan fingerprint density at radius 1 is 0.955 bits per heavy atom. The number of carboxylic acid groups (broad SMARTS) is 1. The third kappa shape index (κ3) is 11.0. The van der Waals surface area contributed by atoms with E-state index in [0.29, 0.717) is 0 Å². The average Bonchev–Trinajstić information content (AvgIpc) is 2.88. The number of aliphatic carboxylic acids is 1. The minimum absolute atomic E-state index is 0.0936. The number of hydrogen-bond donors (Lipinski definition) is 3. The molecule has 16 heteroatoms. The molecule has 2 aliphatic heterocycles. The van der Waals surface area contributed by atoms with Crippen LogP contribution in [0.4, 0.5) is 4.79 Å². The Bertz CT molecular complexity index is 1150. The Labute approximate surface area is 254 Å². The largest absolute Gasteiger partial charge is 0.481 e. The van der Waals surface area contributed by atoms with Crippen molar-refractivity contribution in [2.45, 2.75) is 97.3 Å². The van der Waals surface area contributed by atoms with Crippen LogP contribution in [0.15, 0.2) is 11.8 Å². The van der Waals surface area contributed by atoms with Gasteiger partial charge in [-0.3, -0.25) is 28.8 Å². The van der Waals surface area contributed by atoms with Crippen LogP contribution in [0.1, 0.15) is 61.3 Å². The summed E-state index contributed by atoms with van der Waals surface area (Å²) in [6, 6.07) is -2.44. The molecule has 2 rings (SSSR count). The Morgan fingerprint density at radius 2 is 1.55 bits per heavy atom. The first kappa shape index (κ1) is 35.8. The van der Waals surface area contributed by atoms with Gasteiger partial charge in [-0.25, -0.2) is 4.79 Å². The summed E-state index contributed by atoms with van der Waals surface area (Å²) in [7, 11) is 0. The van der Waals surface area contributed by atoms with Gasteiger partial charge in [-0.05, 0) is 39.7 Å². The van der Waals surface area contributed by atoms with Crippen LogP contribution >= 0.6 is 0 Å². The minimum Gasteiger partial charge on any atom is -0.481 e. The molecular formula is C28H41N3O13. The third-order valence-electron chi connectivity index (χ3n) is 6.49. The van der Waals surface area contributed by atoms with Gasteiger partial charge in [0.15, 0.2) is 24.1 Å². The van der Waals surface area contributed by atoms with Crippen LogP contribution in [0.3, 0.4) is 0 Å². The van der Waals surface area contributed by atoms with Crippen molar-refractivity contribution in [2.24, 2.45) is 5.92 Å². The Balaban J connectivity index is 2.62. The normalized spacial score (nSPS) is 21.8. The van der Waals surface area contributed by atoms with Crippen LogP contribution in [-0.2, 0) is 52.5 Å². The molecule has 0 saturated carbocycles. The van der Waals surface area contributed by atoms with E-state index in [1.165, 1.54) is 17.9 Å². The summed E-state index contributed by atoms with van der Waals surface area (Å²) < 4.78 is 27.3. The number of likely N-dealkylation sites (tertiary alicyclic amines) is 1. The first-order chi connectivity index (χ1) is 20.4. The van der Waals surface area contributed by atoms with Crippen molar-refractivity contribution in [3.8, 4) is 0 Å². The van der Waals surface area contributed by atoms with Crippen LogP contribution < -0.4 is 10.6 Å². The molecule has 246 valence electrons. The summed E-state index contributed by atoms with van der Waals surface area (Å²) >= 11 is 0. The lowest BCUT2D eigenvalue weighted by Gasteiger charge is -2.43. The number of ether oxygens (including phenoxy) is 5. The molecule has 5 atom stereocenters. The van der Waals surface area contributed by atoms with Crippen molar-refractivity contribution in [3.63, 3.8) is 0 Å². The summed E-state index contributed by atoms with van der Waals surface area (Å²) in [5.74, 6) is -5.62. The van der Waals surface area contributed by atoms with Crippen molar-refractivity contribution < 1.29 is 62.4 Å². The lowest BCUT2D eigenvalue weighted by molar-refractivity contribution is -0.187. The molecule has 0 unspecified atom stereocenters. The molecule has 0 aromatic heterocycles. The highest BCUT2D eigenvalue weighted by Crippen LogP contribution is 2.29. The van der Waals surface area contributed by atoms with Gasteiger partial charge in [-0.2, -0.15) is 0 Å². The molecule has 3 amide bonds. The molecule has 0 spiro atoms. The lowest BCUT2D eigenvalue weighted by atomic mass is 9.91. The highest BCUT2D eigenvalue weighted by atomic mass is 16.6. The molecule has 1 fully saturated rings. The fourth-order valence-corrected chi connectivity index (χ4v) is 4.75. The molecule has 1 saturated heterocycles. The topological polar surface area (TPSA) is 213 Å². The second-order valence-electron chi connectivity index (χ2n) is 11.4. The number of alkyl carbamates (subject to hydrolysis) is 1. The molecule has 0 aliphatic carbocycles. The summed E-state index contributed by atoms with van der Waals surface area (Å²) in [6.07, 6.45) is -3.82. The van der Waals surface area contributed by atoms with Gasteiger partial charge in [-0.15, -0.1) is 0 Å². The Kier molecular flexibility index (Phi) is 12.5. The molecule has 3 N–H and O–H groups in total. The zero-order valence-corrected chi connectivity index (χ0v) is 25.9. The van der Waals surface area contributed by atoms with Crippen LogP contribution in [0.25, 0.3) is 0 Å². The van der Waals surface area contributed by atoms with E-state index in [2.05, 4.69) is 10.6 Å². The zero-order valence-electron chi connectivity index (χ0n) is 25.9. The fraction of sp³-hybridized carbons (Fsp3) is 0.679. The number of carbonyl (C=O) groups is 7. The van der Waals surface area contributed by atoms with Gasteiger partial charge in [0.2, 0.25) is 5.91 Å². The first-order valence-electron chi connectivity index (χ1n) is 14.0. The SMILES string of the molecule is CC(=O)N[C@H]1[C@H]([C@H](OC(C)=O)[C@@H](COC(C)=O)OC(C)=O)OC(C(=O)N2CCC(C(=O)O)CC2)=C[C@@H]1NC(=O)OC(C)(C)C. The van der Waals surface area contributed by atoms with Gasteiger partial charge in [0.1, 0.15) is 12.2 Å². The predicted molar refractivity (Wildman–Crippen MR) is 148 cm³/mol. The van der Waals surface area contributed by atoms with Crippen LogP contribution in [0, 0.1) is 5.92 Å². The number of nitrogens with one attached hydrogen (secondary N) is 2. The fourth-order valence-electron chi connectivity index (χ4n) is 4.75. The van der Waals surface area contributed by atoms with Crippen LogP contribution in [0.5, 0.6) is 0 Å². The van der Waals surface area contributed by atoms with Gasteiger partial charge in [-0.1, -0.05) is 0 Å². The maximum absolute atomic E-state index is 13.7. The van der Waals surface area contributed by atoms with E-state index in [9.17, 15) is 38.7 Å². The molecule has 0 aromatic rings. The number of carbonyl (C=O) groups excluding carboxylic acids is 6. The van der Waals surface area contributed by atoms with Crippen molar-refractivity contribution in [1.82, 2.24) is 15.5 Å². The van der Waals surface area contributed by atoms with E-state index in [4.69, 9.17) is 23.7 Å². The number of esters is 3. The molecule has 0 aromatic carbocycles. The quantitative estimate of drug-likeness (QED) is 0.221. The summed E-state index contributed by atoms with van der Waals surface area (Å²) in [5.41, 5.74) is -0.917. The second kappa shape index (κ2) is 15.4. The van der Waals surface area contributed by atoms with Crippen molar-refractivity contribution in [1.29, 1.82) is 0 Å². The molecule has 16 nitrogen and oxygen atoms in total. The second-order valence-corrected chi connectivity index (χ2v) is 11.4. The number of hydrogen-bond acceptors (Lipinski definition) is 12. The summed E-state index contributed by atoms with van der Waals surface area (Å²) in [4.78, 5) is 87.6. The van der Waals surface area contributed by atoms with Crippen molar-refractivity contribution in [3.05, 3.63) is 11.8 Å². The Morgan fingerprint density at radius 3 is 2.02 bits per heavy atom. The van der Waals surface area contributed by atoms with E-state index in [-0.39, 0.29) is 31.7 Å².